The molecule has 1 aromatic heterocycles. The summed E-state index contributed by atoms with van der Waals surface area (Å²) < 4.78 is 0. The van der Waals surface area contributed by atoms with Gasteiger partial charge in [0.25, 0.3) is 0 Å². The highest BCUT2D eigenvalue weighted by Crippen LogP contribution is 2.14. The smallest absolute Gasteiger partial charge is 0.0708 e. The molecule has 0 aliphatic rings. The van der Waals surface area contributed by atoms with Gasteiger partial charge in [-0.1, -0.05) is 44.4 Å². The summed E-state index contributed by atoms with van der Waals surface area (Å²) >= 11 is 0. The molecule has 1 heterocycles. The van der Waals surface area contributed by atoms with Crippen LogP contribution >= 0.6 is 0 Å². The zero-order valence-corrected chi connectivity index (χ0v) is 9.87. The van der Waals surface area contributed by atoms with Gasteiger partial charge in [-0.25, -0.2) is 0 Å². The Balaban J connectivity index is 2.02. The number of fused-ring (bicyclic) bond motifs is 1. The van der Waals surface area contributed by atoms with Gasteiger partial charge in [0.1, 0.15) is 0 Å². The molecule has 0 aliphatic carbocycles. The Bertz CT molecular complexity index is 448. The van der Waals surface area contributed by atoms with Crippen LogP contribution in [0.15, 0.2) is 30.5 Å². The fourth-order valence-corrected chi connectivity index (χ4v) is 1.91. The Labute approximate surface area is 97.5 Å². The Morgan fingerprint density at radius 1 is 1.12 bits per heavy atom. The Morgan fingerprint density at radius 3 is 2.88 bits per heavy atom. The number of pyridine rings is 1. The van der Waals surface area contributed by atoms with E-state index in [0.29, 0.717) is 0 Å². The second-order valence-corrected chi connectivity index (χ2v) is 4.24. The lowest BCUT2D eigenvalue weighted by Crippen LogP contribution is -1.89. The van der Waals surface area contributed by atoms with Crippen molar-refractivity contribution in [1.82, 2.24) is 4.98 Å². The number of rotatable bonds is 5. The van der Waals surface area contributed by atoms with Crippen molar-refractivity contribution in [2.24, 2.45) is 0 Å². The molecule has 0 N–H and O–H groups in total. The molecule has 0 aliphatic heterocycles. The van der Waals surface area contributed by atoms with E-state index in [-0.39, 0.29) is 0 Å². The maximum absolute atomic E-state index is 4.45. The molecule has 1 nitrogen and oxygen atoms in total. The standard InChI is InChI=1S/C15H18N/c1-2-3-4-5-8-13-11-14-9-6-7-10-15(14)16-12-13/h6-7,9-10,12H,2-5,8H2,1H3. The van der Waals surface area contributed by atoms with Crippen LogP contribution in [0.1, 0.15) is 38.2 Å². The molecule has 16 heavy (non-hydrogen) atoms. The van der Waals surface area contributed by atoms with E-state index in [1.807, 2.05) is 24.4 Å². The predicted molar refractivity (Wildman–Crippen MR) is 68.4 cm³/mol. The lowest BCUT2D eigenvalue weighted by Gasteiger charge is -2.02. The van der Waals surface area contributed by atoms with Crippen LogP contribution in [-0.2, 0) is 6.42 Å². The van der Waals surface area contributed by atoms with Crippen LogP contribution in [0.4, 0.5) is 0 Å². The first kappa shape index (κ1) is 11.1. The Morgan fingerprint density at radius 2 is 2.00 bits per heavy atom. The third-order valence-corrected chi connectivity index (χ3v) is 2.86. The third-order valence-electron chi connectivity index (χ3n) is 2.86. The number of aryl methyl sites for hydroxylation is 1. The second-order valence-electron chi connectivity index (χ2n) is 4.24. The highest BCUT2D eigenvalue weighted by molar-refractivity contribution is 5.77. The SMILES string of the molecule is CCCCCCc1[c]c2ccccc2nc1. The predicted octanol–water partition coefficient (Wildman–Crippen LogP) is 4.16. The Hall–Kier alpha value is -1.37. The first-order valence-electron chi connectivity index (χ1n) is 6.16. The monoisotopic (exact) mass is 212 g/mol. The minimum absolute atomic E-state index is 1.04. The maximum Gasteiger partial charge on any atom is 0.0708 e. The van der Waals surface area contributed by atoms with Crippen molar-refractivity contribution in [2.75, 3.05) is 0 Å². The van der Waals surface area contributed by atoms with Gasteiger partial charge in [-0.15, -0.1) is 0 Å². The molecule has 0 saturated carbocycles. The van der Waals surface area contributed by atoms with Crippen molar-refractivity contribution >= 4 is 10.9 Å². The van der Waals surface area contributed by atoms with E-state index >= 15 is 0 Å². The summed E-state index contributed by atoms with van der Waals surface area (Å²) in [5.41, 5.74) is 2.29. The molecule has 0 atom stereocenters. The van der Waals surface area contributed by atoms with Crippen LogP contribution < -0.4 is 0 Å². The van der Waals surface area contributed by atoms with E-state index in [0.717, 1.165) is 17.3 Å². The van der Waals surface area contributed by atoms with Gasteiger partial charge >= 0.3 is 0 Å². The summed E-state index contributed by atoms with van der Waals surface area (Å²) in [4.78, 5) is 4.45. The van der Waals surface area contributed by atoms with Crippen molar-refractivity contribution in [3.63, 3.8) is 0 Å². The lowest BCUT2D eigenvalue weighted by atomic mass is 10.1. The number of aromatic nitrogens is 1. The highest BCUT2D eigenvalue weighted by atomic mass is 14.6. The fourth-order valence-electron chi connectivity index (χ4n) is 1.91. The molecule has 2 aromatic rings. The van der Waals surface area contributed by atoms with Crippen LogP contribution in [0.2, 0.25) is 0 Å². The van der Waals surface area contributed by atoms with Crippen LogP contribution in [0, 0.1) is 6.07 Å². The van der Waals surface area contributed by atoms with E-state index < -0.39 is 0 Å². The maximum atomic E-state index is 4.45. The van der Waals surface area contributed by atoms with Gasteiger partial charge in [0.05, 0.1) is 5.52 Å². The topological polar surface area (TPSA) is 12.9 Å². The van der Waals surface area contributed by atoms with E-state index in [1.54, 1.807) is 0 Å². The average Bonchev–Trinajstić information content (AvgIpc) is 2.34. The summed E-state index contributed by atoms with van der Waals surface area (Å²) in [6.45, 7) is 2.24. The first-order valence-corrected chi connectivity index (χ1v) is 6.16. The van der Waals surface area contributed by atoms with Gasteiger partial charge in [-0.05, 0) is 30.5 Å². The lowest BCUT2D eigenvalue weighted by molar-refractivity contribution is 0.666. The van der Waals surface area contributed by atoms with Crippen molar-refractivity contribution < 1.29 is 0 Å². The molecule has 0 fully saturated rings. The van der Waals surface area contributed by atoms with Crippen LogP contribution in [0.3, 0.4) is 0 Å². The molecule has 1 radical (unpaired) electrons. The van der Waals surface area contributed by atoms with Crippen molar-refractivity contribution in [2.45, 2.75) is 39.0 Å². The molecule has 0 unspecified atom stereocenters. The van der Waals surface area contributed by atoms with E-state index in [4.69, 9.17) is 0 Å². The van der Waals surface area contributed by atoms with E-state index in [2.05, 4.69) is 24.0 Å². The number of hydrogen-bond acceptors (Lipinski definition) is 1. The molecule has 83 valence electrons. The quantitative estimate of drug-likeness (QED) is 0.678. The molecular weight excluding hydrogens is 194 g/mol. The summed E-state index contributed by atoms with van der Waals surface area (Å²) in [5, 5.41) is 1.13. The van der Waals surface area contributed by atoms with Gasteiger partial charge in [-0.2, -0.15) is 0 Å². The molecular formula is C15H18N. The van der Waals surface area contributed by atoms with Gasteiger partial charge in [0.2, 0.25) is 0 Å². The fraction of sp³-hybridized carbons (Fsp3) is 0.400. The average molecular weight is 212 g/mol. The Kier molecular flexibility index (Phi) is 3.92. The number of nitrogens with zero attached hydrogens (tertiary/aromatic N) is 1. The second kappa shape index (κ2) is 5.64. The zero-order chi connectivity index (χ0) is 11.2. The number of unbranched alkanes of at least 4 members (excludes halogenated alkanes) is 3. The zero-order valence-electron chi connectivity index (χ0n) is 9.87. The van der Waals surface area contributed by atoms with Gasteiger partial charge in [0.15, 0.2) is 0 Å². The minimum atomic E-state index is 1.04. The van der Waals surface area contributed by atoms with Crippen LogP contribution in [0.25, 0.3) is 10.9 Å². The summed E-state index contributed by atoms with van der Waals surface area (Å²) in [6.07, 6.45) is 8.27. The molecule has 0 bridgehead atoms. The number of para-hydroxylation sites is 1. The van der Waals surface area contributed by atoms with Gasteiger partial charge in [-0.3, -0.25) is 4.98 Å². The molecule has 1 aromatic carbocycles. The molecule has 0 amide bonds. The first-order chi connectivity index (χ1) is 7.90. The van der Waals surface area contributed by atoms with Crippen molar-refractivity contribution in [3.8, 4) is 0 Å². The van der Waals surface area contributed by atoms with Crippen molar-refractivity contribution in [1.29, 1.82) is 0 Å². The normalized spacial score (nSPS) is 10.8. The molecule has 0 saturated heterocycles. The summed E-state index contributed by atoms with van der Waals surface area (Å²) in [5.74, 6) is 0. The summed E-state index contributed by atoms with van der Waals surface area (Å²) in [6, 6.07) is 11.6. The molecule has 0 spiro atoms. The van der Waals surface area contributed by atoms with Crippen molar-refractivity contribution in [3.05, 3.63) is 42.1 Å². The highest BCUT2D eigenvalue weighted by Gasteiger charge is 1.98. The third kappa shape index (κ3) is 2.82. The molecule has 2 rings (SSSR count). The van der Waals surface area contributed by atoms with Crippen LogP contribution in [-0.4, -0.2) is 4.98 Å². The van der Waals surface area contributed by atoms with E-state index in [9.17, 15) is 0 Å². The van der Waals surface area contributed by atoms with E-state index in [1.165, 1.54) is 31.2 Å². The van der Waals surface area contributed by atoms with Crippen LogP contribution in [0.5, 0.6) is 0 Å². The summed E-state index contributed by atoms with van der Waals surface area (Å²) in [7, 11) is 0. The molecule has 1 heteroatoms. The van der Waals surface area contributed by atoms with Gasteiger partial charge in [0, 0.05) is 11.6 Å². The van der Waals surface area contributed by atoms with Gasteiger partial charge < -0.3 is 0 Å². The minimum Gasteiger partial charge on any atom is -0.256 e. The number of benzene rings is 1. The number of hydrogen-bond donors (Lipinski definition) is 0. The largest absolute Gasteiger partial charge is 0.256 e.